The van der Waals surface area contributed by atoms with E-state index in [-0.39, 0.29) is 5.92 Å². The average molecular weight is 259 g/mol. The smallest absolute Gasteiger partial charge is 0.157 e. The summed E-state index contributed by atoms with van der Waals surface area (Å²) >= 11 is 0. The molecule has 102 valence electrons. The second kappa shape index (κ2) is 5.74. The lowest BCUT2D eigenvalue weighted by molar-refractivity contribution is -0.121. The Morgan fingerprint density at radius 3 is 3.05 bits per heavy atom. The van der Waals surface area contributed by atoms with Crippen LogP contribution in [0.1, 0.15) is 24.8 Å². The topological polar surface area (TPSA) is 29.5 Å². The largest absolute Gasteiger partial charge is 0.381 e. The number of ether oxygens (including phenoxy) is 1. The van der Waals surface area contributed by atoms with Gasteiger partial charge in [-0.2, -0.15) is 0 Å². The first-order valence-electron chi connectivity index (χ1n) is 7.28. The van der Waals surface area contributed by atoms with E-state index >= 15 is 0 Å². The van der Waals surface area contributed by atoms with Crippen LogP contribution in [0.4, 0.5) is 5.69 Å². The first-order chi connectivity index (χ1) is 9.34. The molecule has 0 bridgehead atoms. The van der Waals surface area contributed by atoms with Crippen LogP contribution in [0.2, 0.25) is 0 Å². The van der Waals surface area contributed by atoms with Crippen molar-refractivity contribution < 1.29 is 9.53 Å². The standard InChI is InChI=1S/C16H21NO2/c18-16(14-8-10-19-12-14)11-17-9-4-3-6-13-5-1-2-7-15(13)17/h1-2,5,7,14H,3-4,6,8-12H2. The van der Waals surface area contributed by atoms with Crippen LogP contribution in [0.25, 0.3) is 0 Å². The molecular formula is C16H21NO2. The minimum atomic E-state index is 0.121. The predicted molar refractivity (Wildman–Crippen MR) is 75.5 cm³/mol. The van der Waals surface area contributed by atoms with E-state index in [1.54, 1.807) is 0 Å². The summed E-state index contributed by atoms with van der Waals surface area (Å²) in [5.74, 6) is 0.463. The number of anilines is 1. The van der Waals surface area contributed by atoms with Crippen molar-refractivity contribution in [1.82, 2.24) is 0 Å². The zero-order chi connectivity index (χ0) is 13.1. The first-order valence-corrected chi connectivity index (χ1v) is 7.28. The van der Waals surface area contributed by atoms with Gasteiger partial charge >= 0.3 is 0 Å². The molecule has 1 saturated heterocycles. The number of nitrogens with zero attached hydrogens (tertiary/aromatic N) is 1. The maximum atomic E-state index is 12.3. The van der Waals surface area contributed by atoms with Crippen LogP contribution < -0.4 is 4.90 Å². The monoisotopic (exact) mass is 259 g/mol. The molecule has 0 aliphatic carbocycles. The van der Waals surface area contributed by atoms with Gasteiger partial charge in [-0.15, -0.1) is 0 Å². The van der Waals surface area contributed by atoms with Crippen molar-refractivity contribution in [2.24, 2.45) is 5.92 Å². The molecule has 0 N–H and O–H groups in total. The van der Waals surface area contributed by atoms with E-state index < -0.39 is 0 Å². The average Bonchev–Trinajstić information content (AvgIpc) is 2.90. The molecular weight excluding hydrogens is 238 g/mol. The van der Waals surface area contributed by atoms with Crippen LogP contribution in [0, 0.1) is 5.92 Å². The quantitative estimate of drug-likeness (QED) is 0.835. The van der Waals surface area contributed by atoms with Gasteiger partial charge in [0.15, 0.2) is 5.78 Å². The molecule has 0 radical (unpaired) electrons. The lowest BCUT2D eigenvalue weighted by atomic mass is 10.0. The van der Waals surface area contributed by atoms with Gasteiger partial charge in [0.2, 0.25) is 0 Å². The molecule has 0 amide bonds. The van der Waals surface area contributed by atoms with Crippen LogP contribution >= 0.6 is 0 Å². The third-order valence-corrected chi connectivity index (χ3v) is 4.19. The van der Waals surface area contributed by atoms with E-state index in [2.05, 4.69) is 29.2 Å². The minimum absolute atomic E-state index is 0.121. The molecule has 2 aliphatic rings. The summed E-state index contributed by atoms with van der Waals surface area (Å²) < 4.78 is 5.32. The Morgan fingerprint density at radius 2 is 2.21 bits per heavy atom. The van der Waals surface area contributed by atoms with E-state index in [4.69, 9.17) is 4.74 Å². The Balaban J connectivity index is 1.74. The van der Waals surface area contributed by atoms with Gasteiger partial charge in [-0.1, -0.05) is 18.2 Å². The van der Waals surface area contributed by atoms with Crippen molar-refractivity contribution in [3.05, 3.63) is 29.8 Å². The summed E-state index contributed by atoms with van der Waals surface area (Å²) in [6.45, 7) is 2.91. The predicted octanol–water partition coefficient (Wildman–Crippen LogP) is 2.43. The number of fused-ring (bicyclic) bond motifs is 1. The van der Waals surface area contributed by atoms with Gasteiger partial charge in [0.05, 0.1) is 13.2 Å². The molecule has 1 aromatic rings. The van der Waals surface area contributed by atoms with E-state index in [0.29, 0.717) is 18.9 Å². The maximum absolute atomic E-state index is 12.3. The molecule has 1 fully saturated rings. The third-order valence-electron chi connectivity index (χ3n) is 4.19. The zero-order valence-electron chi connectivity index (χ0n) is 11.3. The van der Waals surface area contributed by atoms with Gasteiger partial charge in [0, 0.05) is 24.8 Å². The van der Waals surface area contributed by atoms with Crippen LogP contribution in [-0.4, -0.2) is 32.1 Å². The second-order valence-corrected chi connectivity index (χ2v) is 5.53. The highest BCUT2D eigenvalue weighted by Crippen LogP contribution is 2.26. The molecule has 3 nitrogen and oxygen atoms in total. The van der Waals surface area contributed by atoms with Gasteiger partial charge in [-0.05, 0) is 37.3 Å². The highest BCUT2D eigenvalue weighted by molar-refractivity contribution is 5.86. The van der Waals surface area contributed by atoms with Gasteiger partial charge < -0.3 is 9.64 Å². The van der Waals surface area contributed by atoms with Gasteiger partial charge in [0.25, 0.3) is 0 Å². The maximum Gasteiger partial charge on any atom is 0.157 e. The first kappa shape index (κ1) is 12.7. The van der Waals surface area contributed by atoms with E-state index in [9.17, 15) is 4.79 Å². The highest BCUT2D eigenvalue weighted by Gasteiger charge is 2.26. The molecule has 0 saturated carbocycles. The highest BCUT2D eigenvalue weighted by atomic mass is 16.5. The number of carbonyl (C=O) groups excluding carboxylic acids is 1. The lowest BCUT2D eigenvalue weighted by Gasteiger charge is -2.25. The normalized spacial score (nSPS) is 22.9. The third kappa shape index (κ3) is 2.81. The number of para-hydroxylation sites is 1. The molecule has 1 aromatic carbocycles. The number of hydrogen-bond acceptors (Lipinski definition) is 3. The SMILES string of the molecule is O=C(CN1CCCCc2ccccc21)C1CCOC1. The molecule has 19 heavy (non-hydrogen) atoms. The van der Waals surface area contributed by atoms with E-state index in [0.717, 1.165) is 26.0 Å². The Kier molecular flexibility index (Phi) is 3.83. The Morgan fingerprint density at radius 1 is 1.32 bits per heavy atom. The number of aryl methyl sites for hydroxylation is 1. The summed E-state index contributed by atoms with van der Waals surface area (Å²) in [4.78, 5) is 14.6. The van der Waals surface area contributed by atoms with Crippen molar-refractivity contribution in [1.29, 1.82) is 0 Å². The summed E-state index contributed by atoms with van der Waals surface area (Å²) in [7, 11) is 0. The Labute approximate surface area is 114 Å². The summed E-state index contributed by atoms with van der Waals surface area (Å²) in [6, 6.07) is 8.51. The molecule has 1 unspecified atom stereocenters. The fourth-order valence-corrected chi connectivity index (χ4v) is 3.04. The summed E-state index contributed by atoms with van der Waals surface area (Å²) in [6.07, 6.45) is 4.42. The van der Waals surface area contributed by atoms with Gasteiger partial charge in [-0.3, -0.25) is 4.79 Å². The van der Waals surface area contributed by atoms with Crippen molar-refractivity contribution >= 4 is 11.5 Å². The molecule has 0 aromatic heterocycles. The van der Waals surface area contributed by atoms with E-state index in [1.165, 1.54) is 24.1 Å². The fraction of sp³-hybridized carbons (Fsp3) is 0.562. The summed E-state index contributed by atoms with van der Waals surface area (Å²) in [5, 5.41) is 0. The number of ketones is 1. The summed E-state index contributed by atoms with van der Waals surface area (Å²) in [5.41, 5.74) is 2.64. The number of Topliss-reactive ketones (excluding diaryl/α,β-unsaturated/α-hetero) is 1. The van der Waals surface area contributed by atoms with Crippen molar-refractivity contribution in [2.75, 3.05) is 31.2 Å². The molecule has 3 rings (SSSR count). The number of benzene rings is 1. The lowest BCUT2D eigenvalue weighted by Crippen LogP contribution is -2.34. The van der Waals surface area contributed by atoms with Crippen molar-refractivity contribution in [3.8, 4) is 0 Å². The molecule has 1 atom stereocenters. The second-order valence-electron chi connectivity index (χ2n) is 5.53. The molecule has 2 heterocycles. The van der Waals surface area contributed by atoms with Crippen LogP contribution in [-0.2, 0) is 16.0 Å². The Bertz CT molecular complexity index is 452. The van der Waals surface area contributed by atoms with Crippen LogP contribution in [0.5, 0.6) is 0 Å². The van der Waals surface area contributed by atoms with Crippen LogP contribution in [0.3, 0.4) is 0 Å². The molecule has 2 aliphatic heterocycles. The number of carbonyl (C=O) groups is 1. The number of hydrogen-bond donors (Lipinski definition) is 0. The van der Waals surface area contributed by atoms with Crippen LogP contribution in [0.15, 0.2) is 24.3 Å². The fourth-order valence-electron chi connectivity index (χ4n) is 3.04. The Hall–Kier alpha value is -1.35. The zero-order valence-corrected chi connectivity index (χ0v) is 11.3. The van der Waals surface area contributed by atoms with Gasteiger partial charge in [-0.25, -0.2) is 0 Å². The minimum Gasteiger partial charge on any atom is -0.381 e. The van der Waals surface area contributed by atoms with Crippen molar-refractivity contribution in [2.45, 2.75) is 25.7 Å². The molecule has 3 heteroatoms. The van der Waals surface area contributed by atoms with E-state index in [1.807, 2.05) is 0 Å². The van der Waals surface area contributed by atoms with Crippen molar-refractivity contribution in [3.63, 3.8) is 0 Å². The number of rotatable bonds is 3. The van der Waals surface area contributed by atoms with Gasteiger partial charge in [0.1, 0.15) is 0 Å². The molecule has 0 spiro atoms.